The number of hydrogen-bond acceptors (Lipinski definition) is 12. The third-order valence-corrected chi connectivity index (χ3v) is 15.9. The van der Waals surface area contributed by atoms with E-state index in [2.05, 4.69) is 50.0 Å². The predicted octanol–water partition coefficient (Wildman–Crippen LogP) is 7.76. The molecule has 4 aromatic heterocycles. The Hall–Kier alpha value is -5.58. The minimum atomic E-state index is -4.30. The first-order chi connectivity index (χ1) is 33.6. The van der Waals surface area contributed by atoms with Gasteiger partial charge in [0.1, 0.15) is 0 Å². The number of fused-ring (bicyclic) bond motifs is 2. The molecule has 0 aliphatic carbocycles. The Morgan fingerprint density at radius 3 is 1.34 bits per heavy atom. The van der Waals surface area contributed by atoms with Crippen molar-refractivity contribution in [3.63, 3.8) is 0 Å². The first-order valence-electron chi connectivity index (χ1n) is 23.3. The van der Waals surface area contributed by atoms with Crippen LogP contribution in [0.15, 0.2) is 105 Å². The van der Waals surface area contributed by atoms with Gasteiger partial charge in [-0.15, -0.1) is 20.4 Å². The summed E-state index contributed by atoms with van der Waals surface area (Å²) in [5.41, 5.74) is 1.67. The Morgan fingerprint density at radius 2 is 0.971 bits per heavy atom. The van der Waals surface area contributed by atoms with Crippen molar-refractivity contribution in [2.75, 3.05) is 73.7 Å². The lowest BCUT2D eigenvalue weighted by molar-refractivity contribution is -0.138. The Morgan fingerprint density at radius 1 is 0.571 bits per heavy atom. The topological polar surface area (TPSA) is 140 Å². The number of thioether (sulfide) groups is 2. The normalized spacial score (nSPS) is 20.5. The van der Waals surface area contributed by atoms with Gasteiger partial charge in [-0.2, -0.15) is 26.3 Å². The van der Waals surface area contributed by atoms with Crippen molar-refractivity contribution >= 4 is 34.9 Å². The van der Waals surface area contributed by atoms with Crippen LogP contribution < -0.4 is 20.9 Å². The molecular formula is C48H54F6N12O2S2. The third kappa shape index (κ3) is 11.3. The number of nitrogens with one attached hydrogen (secondary N) is 2. The molecule has 4 aliphatic heterocycles. The fourth-order valence-electron chi connectivity index (χ4n) is 10.2. The monoisotopic (exact) mass is 1010 g/mol. The molecule has 0 bridgehead atoms. The maximum Gasteiger partial charge on any atom is 0.416 e. The summed E-state index contributed by atoms with van der Waals surface area (Å²) in [6.45, 7) is 7.67. The number of aromatic amines is 2. The van der Waals surface area contributed by atoms with E-state index in [0.717, 1.165) is 122 Å². The van der Waals surface area contributed by atoms with Crippen LogP contribution in [0.1, 0.15) is 36.8 Å². The van der Waals surface area contributed by atoms with Crippen LogP contribution in [0.4, 0.5) is 37.7 Å². The number of hydrogen-bond donors (Lipinski definition) is 2. The molecule has 4 fully saturated rings. The molecule has 8 heterocycles. The highest BCUT2D eigenvalue weighted by Crippen LogP contribution is 2.39. The van der Waals surface area contributed by atoms with E-state index in [9.17, 15) is 35.9 Å². The first kappa shape index (κ1) is 49.4. The van der Waals surface area contributed by atoms with Crippen LogP contribution in [-0.2, 0) is 26.4 Å². The fraction of sp³-hybridized carbons (Fsp3) is 0.458. The van der Waals surface area contributed by atoms with Gasteiger partial charge in [0.25, 0.3) is 0 Å². The van der Waals surface area contributed by atoms with Crippen molar-refractivity contribution in [1.82, 2.24) is 49.3 Å². The van der Waals surface area contributed by atoms with Gasteiger partial charge in [-0.3, -0.25) is 9.59 Å². The molecule has 4 saturated heterocycles. The second-order valence-electron chi connectivity index (χ2n) is 18.2. The zero-order chi connectivity index (χ0) is 49.2. The average molecular weight is 1010 g/mol. The summed E-state index contributed by atoms with van der Waals surface area (Å²) in [4.78, 5) is 37.8. The van der Waals surface area contributed by atoms with E-state index >= 15 is 0 Å². The molecule has 0 spiro atoms. The number of rotatable bonds is 14. The van der Waals surface area contributed by atoms with Gasteiger partial charge >= 0.3 is 12.4 Å². The number of aromatic nitrogens is 8. The van der Waals surface area contributed by atoms with E-state index in [4.69, 9.17) is 0 Å². The van der Waals surface area contributed by atoms with Gasteiger partial charge in [0.15, 0.2) is 22.0 Å². The summed E-state index contributed by atoms with van der Waals surface area (Å²) in [6, 6.07) is 18.5. The van der Waals surface area contributed by atoms with Crippen LogP contribution in [-0.4, -0.2) is 125 Å². The van der Waals surface area contributed by atoms with Crippen LogP contribution in [0, 0.1) is 11.8 Å². The van der Waals surface area contributed by atoms with Crippen molar-refractivity contribution in [2.24, 2.45) is 25.9 Å². The summed E-state index contributed by atoms with van der Waals surface area (Å²) in [5.74, 6) is 4.23. The highest BCUT2D eigenvalue weighted by Gasteiger charge is 2.43. The molecule has 70 heavy (non-hydrogen) atoms. The van der Waals surface area contributed by atoms with Crippen LogP contribution in [0.2, 0.25) is 0 Å². The molecule has 0 saturated carbocycles. The lowest BCUT2D eigenvalue weighted by Crippen LogP contribution is -2.35. The van der Waals surface area contributed by atoms with Gasteiger partial charge < -0.3 is 38.7 Å². The van der Waals surface area contributed by atoms with E-state index in [1.54, 1.807) is 72.3 Å². The van der Waals surface area contributed by atoms with Gasteiger partial charge in [0.05, 0.1) is 11.1 Å². The number of benzene rings is 2. The van der Waals surface area contributed by atoms with Gasteiger partial charge in [-0.25, -0.2) is 0 Å². The summed E-state index contributed by atoms with van der Waals surface area (Å²) in [5, 5.41) is 18.7. The summed E-state index contributed by atoms with van der Waals surface area (Å²) in [6.07, 6.45) is -1.27. The van der Waals surface area contributed by atoms with Gasteiger partial charge in [-0.1, -0.05) is 23.5 Å². The number of pyridine rings is 2. The second-order valence-corrected chi connectivity index (χ2v) is 20.4. The Labute approximate surface area is 408 Å². The minimum absolute atomic E-state index is 0.174. The number of anilines is 2. The summed E-state index contributed by atoms with van der Waals surface area (Å²) < 4.78 is 81.2. The maximum absolute atomic E-state index is 12.9. The van der Waals surface area contributed by atoms with Crippen molar-refractivity contribution in [2.45, 2.75) is 60.4 Å². The molecular weight excluding hydrogens is 955 g/mol. The molecule has 4 atom stereocenters. The second kappa shape index (κ2) is 21.0. The Balaban J connectivity index is 0.000000174. The largest absolute Gasteiger partial charge is 0.416 e. The van der Waals surface area contributed by atoms with E-state index in [1.807, 2.05) is 23.2 Å². The van der Waals surface area contributed by atoms with Crippen molar-refractivity contribution in [3.05, 3.63) is 117 Å². The van der Waals surface area contributed by atoms with E-state index in [0.29, 0.717) is 35.6 Å². The average Bonchev–Trinajstić information content (AvgIpc) is 4.20. The highest BCUT2D eigenvalue weighted by molar-refractivity contribution is 7.99. The number of alkyl halides is 6. The Kier molecular flexibility index (Phi) is 14.8. The molecule has 2 aromatic carbocycles. The van der Waals surface area contributed by atoms with E-state index in [-0.39, 0.29) is 11.1 Å². The van der Waals surface area contributed by atoms with Crippen molar-refractivity contribution in [1.29, 1.82) is 0 Å². The molecule has 0 radical (unpaired) electrons. The standard InChI is InChI=1S/2C24H27F3N6OS/c2*1-31-22(16-7-9-28-21(34)13-16)29-30-23(31)35-12-2-10-32-14-17-8-11-33(20(17)15-32)19-5-3-18(4-6-19)24(25,26)27/h2*3-7,9,13,17,20H,2,8,10-12,14-15H2,1H3,(H,28,34)/t2*17-,20+/m10/s1. The molecule has 4 aliphatic rings. The number of nitrogens with zero attached hydrogens (tertiary/aromatic N) is 10. The van der Waals surface area contributed by atoms with Gasteiger partial charge in [-0.05, 0) is 111 Å². The molecule has 22 heteroatoms. The molecule has 0 unspecified atom stereocenters. The molecule has 2 N–H and O–H groups in total. The molecule has 14 nitrogen and oxygen atoms in total. The quantitative estimate of drug-likeness (QED) is 0.0627. The predicted molar refractivity (Wildman–Crippen MR) is 259 cm³/mol. The fourth-order valence-corrected chi connectivity index (χ4v) is 11.9. The molecule has 0 amide bonds. The van der Waals surface area contributed by atoms with Crippen LogP contribution >= 0.6 is 23.5 Å². The molecule has 6 aromatic rings. The summed E-state index contributed by atoms with van der Waals surface area (Å²) in [7, 11) is 3.80. The lowest BCUT2D eigenvalue weighted by Gasteiger charge is -2.27. The van der Waals surface area contributed by atoms with Crippen LogP contribution in [0.5, 0.6) is 0 Å². The highest BCUT2D eigenvalue weighted by atomic mass is 32.2. The molecule has 10 rings (SSSR count). The zero-order valence-corrected chi connectivity index (χ0v) is 40.3. The van der Waals surface area contributed by atoms with Gasteiger partial charge in [0.2, 0.25) is 11.1 Å². The number of likely N-dealkylation sites (tertiary alicyclic amines) is 2. The van der Waals surface area contributed by atoms with Crippen LogP contribution in [0.25, 0.3) is 22.8 Å². The number of halogens is 6. The van der Waals surface area contributed by atoms with Crippen LogP contribution in [0.3, 0.4) is 0 Å². The smallest absolute Gasteiger partial charge is 0.367 e. The zero-order valence-electron chi connectivity index (χ0n) is 38.7. The first-order valence-corrected chi connectivity index (χ1v) is 25.3. The lowest BCUT2D eigenvalue weighted by atomic mass is 10.0. The minimum Gasteiger partial charge on any atom is -0.367 e. The Bertz CT molecular complexity index is 2640. The summed E-state index contributed by atoms with van der Waals surface area (Å²) >= 11 is 3.29. The SMILES string of the molecule is Cn1c(SCCCN2C[C@@H]3CCN(c4ccc(C(F)(F)F)cc4)[C@@H]3C2)nnc1-c1cc[nH]c(=O)c1.Cn1c(SCCCN2C[C@H]3CCN(c4ccc(C(F)(F)F)cc4)[C@H]3C2)nnc1-c1cc[nH]c(=O)c1. The molecule has 372 valence electrons. The maximum atomic E-state index is 12.9. The van der Waals surface area contributed by atoms with E-state index in [1.165, 1.54) is 36.4 Å². The number of H-pyrrole nitrogens is 2. The van der Waals surface area contributed by atoms with Crippen molar-refractivity contribution < 1.29 is 26.3 Å². The van der Waals surface area contributed by atoms with Gasteiger partial charge in [0, 0.05) is 124 Å². The van der Waals surface area contributed by atoms with E-state index < -0.39 is 23.5 Å². The van der Waals surface area contributed by atoms with Crippen molar-refractivity contribution in [3.8, 4) is 22.8 Å². The third-order valence-electron chi connectivity index (χ3n) is 13.7.